The van der Waals surface area contributed by atoms with Gasteiger partial charge in [0, 0.05) is 13.0 Å². The van der Waals surface area contributed by atoms with E-state index < -0.39 is 24.0 Å². The van der Waals surface area contributed by atoms with Crippen LogP contribution in [0.5, 0.6) is 5.75 Å². The Balaban J connectivity index is 1.98. The second-order valence-corrected chi connectivity index (χ2v) is 4.84. The number of carbonyl (C=O) groups is 2. The molecule has 1 saturated heterocycles. The summed E-state index contributed by atoms with van der Waals surface area (Å²) in [5.74, 6) is -0.949. The van der Waals surface area contributed by atoms with Gasteiger partial charge in [0.15, 0.2) is 6.61 Å². The van der Waals surface area contributed by atoms with E-state index in [0.29, 0.717) is 5.75 Å². The van der Waals surface area contributed by atoms with E-state index in [1.165, 1.54) is 0 Å². The highest BCUT2D eigenvalue weighted by atomic mass is 16.5. The molecule has 0 aromatic heterocycles. The van der Waals surface area contributed by atoms with Crippen molar-refractivity contribution in [2.24, 2.45) is 0 Å². The van der Waals surface area contributed by atoms with E-state index in [9.17, 15) is 14.7 Å². The van der Waals surface area contributed by atoms with Crippen molar-refractivity contribution in [3.05, 3.63) is 29.8 Å². The summed E-state index contributed by atoms with van der Waals surface area (Å²) in [7, 11) is 0. The second kappa shape index (κ2) is 5.92. The number of β-amino-alcohol motifs (C(OH)–C–C–N with tert-alkyl or cyclic N) is 1. The Morgan fingerprint density at radius 2 is 2.10 bits per heavy atom. The van der Waals surface area contributed by atoms with Crippen molar-refractivity contribution in [1.29, 1.82) is 0 Å². The summed E-state index contributed by atoms with van der Waals surface area (Å²) in [6.07, 6.45) is -0.732. The van der Waals surface area contributed by atoms with Crippen molar-refractivity contribution in [2.75, 3.05) is 13.2 Å². The van der Waals surface area contributed by atoms with Crippen LogP contribution in [-0.4, -0.2) is 52.3 Å². The maximum absolute atomic E-state index is 12.0. The first-order chi connectivity index (χ1) is 9.49. The highest BCUT2D eigenvalue weighted by Crippen LogP contribution is 2.20. The lowest BCUT2D eigenvalue weighted by atomic mass is 10.2. The molecule has 0 aliphatic carbocycles. The van der Waals surface area contributed by atoms with Crippen molar-refractivity contribution < 1.29 is 24.5 Å². The monoisotopic (exact) mass is 279 g/mol. The number of likely N-dealkylation sites (tertiary alicyclic amines) is 1. The van der Waals surface area contributed by atoms with E-state index in [4.69, 9.17) is 9.84 Å². The lowest BCUT2D eigenvalue weighted by Crippen LogP contribution is -2.43. The van der Waals surface area contributed by atoms with Gasteiger partial charge < -0.3 is 19.8 Å². The molecule has 108 valence electrons. The number of benzene rings is 1. The van der Waals surface area contributed by atoms with Gasteiger partial charge in [-0.1, -0.05) is 18.2 Å². The van der Waals surface area contributed by atoms with Crippen LogP contribution in [0.15, 0.2) is 24.3 Å². The fourth-order valence-electron chi connectivity index (χ4n) is 2.26. The number of amides is 1. The van der Waals surface area contributed by atoms with E-state index in [1.54, 1.807) is 12.1 Å². The SMILES string of the molecule is Cc1ccccc1OCC(=O)N1C[C@H](O)C[C@@H]1C(=O)O. The Morgan fingerprint density at radius 1 is 1.40 bits per heavy atom. The zero-order chi connectivity index (χ0) is 14.7. The Hall–Kier alpha value is -2.08. The van der Waals surface area contributed by atoms with Crippen LogP contribution in [0.1, 0.15) is 12.0 Å². The number of carboxylic acid groups (broad SMARTS) is 1. The summed E-state index contributed by atoms with van der Waals surface area (Å²) >= 11 is 0. The normalized spacial score (nSPS) is 21.8. The number of nitrogens with zero attached hydrogens (tertiary/aromatic N) is 1. The molecule has 0 radical (unpaired) electrons. The standard InChI is InChI=1S/C14H17NO5/c1-9-4-2-3-5-12(9)20-8-13(17)15-7-10(16)6-11(15)14(18)19/h2-5,10-11,16H,6-8H2,1H3,(H,18,19)/t10-,11-/m1/s1. The molecule has 6 heteroatoms. The number of ether oxygens (including phenoxy) is 1. The Kier molecular flexibility index (Phi) is 4.24. The number of hydrogen-bond acceptors (Lipinski definition) is 4. The van der Waals surface area contributed by atoms with E-state index in [2.05, 4.69) is 0 Å². The lowest BCUT2D eigenvalue weighted by Gasteiger charge is -2.21. The van der Waals surface area contributed by atoms with Gasteiger partial charge in [0.25, 0.3) is 5.91 Å². The fourth-order valence-corrected chi connectivity index (χ4v) is 2.26. The van der Waals surface area contributed by atoms with Gasteiger partial charge in [-0.25, -0.2) is 4.79 Å². The zero-order valence-electron chi connectivity index (χ0n) is 11.2. The fraction of sp³-hybridized carbons (Fsp3) is 0.429. The maximum atomic E-state index is 12.0. The van der Waals surface area contributed by atoms with Crippen LogP contribution in [0.2, 0.25) is 0 Å². The number of carbonyl (C=O) groups excluding carboxylic acids is 1. The van der Waals surface area contributed by atoms with Gasteiger partial charge in [-0.05, 0) is 18.6 Å². The van der Waals surface area contributed by atoms with Gasteiger partial charge in [0.05, 0.1) is 6.10 Å². The van der Waals surface area contributed by atoms with Crippen LogP contribution in [0.25, 0.3) is 0 Å². The van der Waals surface area contributed by atoms with E-state index in [0.717, 1.165) is 10.5 Å². The molecule has 0 saturated carbocycles. The third-order valence-electron chi connectivity index (χ3n) is 3.33. The van der Waals surface area contributed by atoms with Crippen LogP contribution < -0.4 is 4.74 Å². The number of para-hydroxylation sites is 1. The summed E-state index contributed by atoms with van der Waals surface area (Å²) < 4.78 is 5.41. The largest absolute Gasteiger partial charge is 0.484 e. The summed E-state index contributed by atoms with van der Waals surface area (Å²) in [6.45, 7) is 1.66. The van der Waals surface area contributed by atoms with Gasteiger partial charge in [0.2, 0.25) is 0 Å². The smallest absolute Gasteiger partial charge is 0.326 e. The molecular weight excluding hydrogens is 262 g/mol. The van der Waals surface area contributed by atoms with Crippen molar-refractivity contribution in [2.45, 2.75) is 25.5 Å². The number of aryl methyl sites for hydroxylation is 1. The minimum Gasteiger partial charge on any atom is -0.484 e. The number of carboxylic acids is 1. The van der Waals surface area contributed by atoms with Crippen LogP contribution in [0.4, 0.5) is 0 Å². The van der Waals surface area contributed by atoms with Gasteiger partial charge in [-0.3, -0.25) is 4.79 Å². The van der Waals surface area contributed by atoms with E-state index in [1.807, 2.05) is 19.1 Å². The van der Waals surface area contributed by atoms with Gasteiger partial charge >= 0.3 is 5.97 Å². The molecule has 1 aliphatic rings. The molecule has 1 aliphatic heterocycles. The molecule has 1 aromatic carbocycles. The summed E-state index contributed by atoms with van der Waals surface area (Å²) in [4.78, 5) is 24.2. The molecule has 1 amide bonds. The summed E-state index contributed by atoms with van der Waals surface area (Å²) in [5, 5.41) is 18.5. The van der Waals surface area contributed by atoms with Gasteiger partial charge in [-0.2, -0.15) is 0 Å². The highest BCUT2D eigenvalue weighted by Gasteiger charge is 2.38. The number of rotatable bonds is 4. The molecule has 1 aromatic rings. The number of aliphatic carboxylic acids is 1. The third kappa shape index (κ3) is 3.08. The average molecular weight is 279 g/mol. The van der Waals surface area contributed by atoms with Gasteiger partial charge in [-0.15, -0.1) is 0 Å². The number of aliphatic hydroxyl groups is 1. The molecule has 0 spiro atoms. The van der Waals surface area contributed by atoms with Crippen LogP contribution in [0, 0.1) is 6.92 Å². The highest BCUT2D eigenvalue weighted by molar-refractivity contribution is 5.85. The van der Waals surface area contributed by atoms with Crippen molar-refractivity contribution in [3.8, 4) is 5.75 Å². The first-order valence-corrected chi connectivity index (χ1v) is 6.38. The first kappa shape index (κ1) is 14.3. The number of aliphatic hydroxyl groups excluding tert-OH is 1. The predicted octanol–water partition coefficient (Wildman–Crippen LogP) is 0.420. The molecule has 2 atom stereocenters. The van der Waals surface area contributed by atoms with Crippen LogP contribution >= 0.6 is 0 Å². The lowest BCUT2D eigenvalue weighted by molar-refractivity contribution is -0.149. The average Bonchev–Trinajstić information content (AvgIpc) is 2.80. The molecule has 2 rings (SSSR count). The van der Waals surface area contributed by atoms with E-state index in [-0.39, 0.29) is 19.6 Å². The second-order valence-electron chi connectivity index (χ2n) is 4.84. The molecule has 2 N–H and O–H groups in total. The number of hydrogen-bond donors (Lipinski definition) is 2. The zero-order valence-corrected chi connectivity index (χ0v) is 11.2. The van der Waals surface area contributed by atoms with Crippen LogP contribution in [0.3, 0.4) is 0 Å². The Labute approximate surface area is 116 Å². The molecule has 6 nitrogen and oxygen atoms in total. The maximum Gasteiger partial charge on any atom is 0.326 e. The summed E-state index contributed by atoms with van der Waals surface area (Å²) in [6, 6.07) is 6.29. The van der Waals surface area contributed by atoms with Crippen molar-refractivity contribution in [1.82, 2.24) is 4.90 Å². The minimum absolute atomic E-state index is 0.0347. The molecule has 20 heavy (non-hydrogen) atoms. The minimum atomic E-state index is -1.11. The molecule has 0 bridgehead atoms. The van der Waals surface area contributed by atoms with E-state index >= 15 is 0 Å². The quantitative estimate of drug-likeness (QED) is 0.834. The predicted molar refractivity (Wildman–Crippen MR) is 70.4 cm³/mol. The molecule has 1 heterocycles. The molecule has 1 fully saturated rings. The van der Waals surface area contributed by atoms with Crippen molar-refractivity contribution in [3.63, 3.8) is 0 Å². The summed E-state index contributed by atoms with van der Waals surface area (Å²) in [5.41, 5.74) is 0.900. The van der Waals surface area contributed by atoms with Gasteiger partial charge in [0.1, 0.15) is 11.8 Å². The Bertz CT molecular complexity index is 516. The Morgan fingerprint density at radius 3 is 2.75 bits per heavy atom. The molecule has 0 unspecified atom stereocenters. The van der Waals surface area contributed by atoms with Crippen LogP contribution in [-0.2, 0) is 9.59 Å². The third-order valence-corrected chi connectivity index (χ3v) is 3.33. The topological polar surface area (TPSA) is 87.1 Å². The first-order valence-electron chi connectivity index (χ1n) is 6.38. The van der Waals surface area contributed by atoms with Crippen molar-refractivity contribution >= 4 is 11.9 Å². The molecular formula is C14H17NO5.